The van der Waals surface area contributed by atoms with Gasteiger partial charge in [-0.25, -0.2) is 4.98 Å². The lowest BCUT2D eigenvalue weighted by molar-refractivity contribution is 0.586. The van der Waals surface area contributed by atoms with Crippen molar-refractivity contribution in [2.24, 2.45) is 7.05 Å². The second-order valence-electron chi connectivity index (χ2n) is 7.42. The molecule has 4 aromatic rings. The maximum absolute atomic E-state index is 13.4. The molecule has 5 heteroatoms. The van der Waals surface area contributed by atoms with E-state index in [1.54, 1.807) is 10.6 Å². The Balaban J connectivity index is 1.99. The summed E-state index contributed by atoms with van der Waals surface area (Å²) >= 11 is 0. The number of aromatic nitrogens is 3. The van der Waals surface area contributed by atoms with Gasteiger partial charge in [-0.3, -0.25) is 14.2 Å². The molecule has 0 unspecified atom stereocenters. The Kier molecular flexibility index (Phi) is 4.59. The van der Waals surface area contributed by atoms with Gasteiger partial charge in [-0.2, -0.15) is 0 Å². The fraction of sp³-hybridized carbons (Fsp3) is 0.261. The van der Waals surface area contributed by atoms with Crippen molar-refractivity contribution in [1.82, 2.24) is 14.1 Å². The van der Waals surface area contributed by atoms with Crippen LogP contribution in [0.15, 0.2) is 64.2 Å². The highest BCUT2D eigenvalue weighted by atomic mass is 16.1. The summed E-state index contributed by atoms with van der Waals surface area (Å²) in [5.41, 5.74) is 1.88. The average molecular weight is 373 g/mol. The third-order valence-electron chi connectivity index (χ3n) is 5.22. The SMILES string of the molecule is CC(C)c1nc2c(c(=O)c3ccccc3n2C)c(=O)n1CCc1ccccc1. The first-order chi connectivity index (χ1) is 13.5. The van der Waals surface area contributed by atoms with Crippen molar-refractivity contribution >= 4 is 21.9 Å². The molecule has 28 heavy (non-hydrogen) atoms. The molecular weight excluding hydrogens is 350 g/mol. The topological polar surface area (TPSA) is 56.9 Å². The van der Waals surface area contributed by atoms with Crippen molar-refractivity contribution in [3.05, 3.63) is 86.6 Å². The predicted octanol–water partition coefficient (Wildman–Crippen LogP) is 3.61. The Morgan fingerprint density at radius 1 is 0.964 bits per heavy atom. The molecule has 4 rings (SSSR count). The van der Waals surface area contributed by atoms with Crippen LogP contribution in [0.3, 0.4) is 0 Å². The van der Waals surface area contributed by atoms with Crippen molar-refractivity contribution < 1.29 is 0 Å². The summed E-state index contributed by atoms with van der Waals surface area (Å²) in [5.74, 6) is 0.771. The van der Waals surface area contributed by atoms with Crippen LogP contribution in [0, 0.1) is 0 Å². The van der Waals surface area contributed by atoms with Crippen molar-refractivity contribution in [2.45, 2.75) is 32.7 Å². The zero-order valence-electron chi connectivity index (χ0n) is 16.3. The molecule has 5 nitrogen and oxygen atoms in total. The van der Waals surface area contributed by atoms with Crippen LogP contribution < -0.4 is 11.0 Å². The smallest absolute Gasteiger partial charge is 0.267 e. The molecule has 0 atom stereocenters. The maximum Gasteiger partial charge on any atom is 0.267 e. The fourth-order valence-electron chi connectivity index (χ4n) is 3.75. The van der Waals surface area contributed by atoms with E-state index in [0.29, 0.717) is 29.8 Å². The minimum atomic E-state index is -0.254. The number of aryl methyl sites for hydroxylation is 2. The molecule has 0 aliphatic carbocycles. The van der Waals surface area contributed by atoms with Crippen LogP contribution in [0.4, 0.5) is 0 Å². The number of benzene rings is 2. The van der Waals surface area contributed by atoms with Gasteiger partial charge in [0, 0.05) is 24.9 Å². The van der Waals surface area contributed by atoms with Crippen LogP contribution in [0.2, 0.25) is 0 Å². The lowest BCUT2D eigenvalue weighted by Gasteiger charge is -2.18. The van der Waals surface area contributed by atoms with Gasteiger partial charge in [-0.1, -0.05) is 56.3 Å². The third-order valence-corrected chi connectivity index (χ3v) is 5.22. The summed E-state index contributed by atoms with van der Waals surface area (Å²) < 4.78 is 3.52. The van der Waals surface area contributed by atoms with E-state index >= 15 is 0 Å². The number of rotatable bonds is 4. The van der Waals surface area contributed by atoms with Gasteiger partial charge in [-0.15, -0.1) is 0 Å². The number of pyridine rings is 1. The molecule has 0 bridgehead atoms. The van der Waals surface area contributed by atoms with Crippen molar-refractivity contribution in [1.29, 1.82) is 0 Å². The Morgan fingerprint density at radius 3 is 2.36 bits per heavy atom. The molecule has 0 aliphatic heterocycles. The molecule has 0 spiro atoms. The summed E-state index contributed by atoms with van der Waals surface area (Å²) in [6.07, 6.45) is 0.710. The van der Waals surface area contributed by atoms with Gasteiger partial charge in [0.25, 0.3) is 5.56 Å². The number of nitrogens with zero attached hydrogens (tertiary/aromatic N) is 3. The molecule has 0 aliphatic rings. The quantitative estimate of drug-likeness (QED) is 0.514. The van der Waals surface area contributed by atoms with Crippen LogP contribution in [0.1, 0.15) is 31.2 Å². The number of hydrogen-bond acceptors (Lipinski definition) is 3. The van der Waals surface area contributed by atoms with Crippen LogP contribution in [-0.2, 0) is 20.0 Å². The van der Waals surface area contributed by atoms with Crippen LogP contribution in [0.25, 0.3) is 21.9 Å². The van der Waals surface area contributed by atoms with E-state index < -0.39 is 0 Å². The van der Waals surface area contributed by atoms with Crippen molar-refractivity contribution in [2.75, 3.05) is 0 Å². The van der Waals surface area contributed by atoms with Gasteiger partial charge >= 0.3 is 0 Å². The minimum Gasteiger partial charge on any atom is -0.328 e. The Labute approximate surface area is 162 Å². The summed E-state index contributed by atoms with van der Waals surface area (Å²) in [4.78, 5) is 31.3. The lowest BCUT2D eigenvalue weighted by Crippen LogP contribution is -2.31. The Hall–Kier alpha value is -3.21. The fourth-order valence-corrected chi connectivity index (χ4v) is 3.75. The Bertz CT molecular complexity index is 1280. The molecule has 0 radical (unpaired) electrons. The molecular formula is C23H23N3O2. The second-order valence-corrected chi connectivity index (χ2v) is 7.42. The van der Waals surface area contributed by atoms with E-state index in [9.17, 15) is 9.59 Å². The average Bonchev–Trinajstić information content (AvgIpc) is 2.71. The molecule has 0 saturated carbocycles. The normalized spacial score (nSPS) is 11.6. The molecule has 0 saturated heterocycles. The first-order valence-electron chi connectivity index (χ1n) is 9.55. The van der Waals surface area contributed by atoms with Gasteiger partial charge < -0.3 is 4.57 Å². The zero-order chi connectivity index (χ0) is 19.8. The first kappa shape index (κ1) is 18.2. The lowest BCUT2D eigenvalue weighted by atomic mass is 10.1. The monoisotopic (exact) mass is 373 g/mol. The minimum absolute atomic E-state index is 0.0643. The highest BCUT2D eigenvalue weighted by Gasteiger charge is 2.19. The standard InChI is InChI=1S/C23H23N3O2/c1-15(2)21-24-22-19(20(27)17-11-7-8-12-18(17)25(22)3)23(28)26(21)14-13-16-9-5-4-6-10-16/h4-12,15H,13-14H2,1-3H3. The van der Waals surface area contributed by atoms with Gasteiger partial charge in [0.15, 0.2) is 5.65 Å². The van der Waals surface area contributed by atoms with E-state index in [0.717, 1.165) is 11.1 Å². The van der Waals surface area contributed by atoms with Gasteiger partial charge in [0.2, 0.25) is 5.43 Å². The van der Waals surface area contributed by atoms with Gasteiger partial charge in [0.1, 0.15) is 11.2 Å². The second kappa shape index (κ2) is 7.08. The summed E-state index contributed by atoms with van der Waals surface area (Å²) in [6, 6.07) is 17.4. The van der Waals surface area contributed by atoms with Crippen LogP contribution >= 0.6 is 0 Å². The Morgan fingerprint density at radius 2 is 1.64 bits per heavy atom. The van der Waals surface area contributed by atoms with Crippen LogP contribution in [-0.4, -0.2) is 14.1 Å². The van der Waals surface area contributed by atoms with E-state index in [1.165, 1.54) is 0 Å². The predicted molar refractivity (Wildman–Crippen MR) is 113 cm³/mol. The molecule has 2 aromatic heterocycles. The molecule has 0 fully saturated rings. The molecule has 0 N–H and O–H groups in total. The van der Waals surface area contributed by atoms with Crippen molar-refractivity contribution in [3.8, 4) is 0 Å². The summed E-state index contributed by atoms with van der Waals surface area (Å²) in [6.45, 7) is 4.53. The molecule has 2 heterocycles. The largest absolute Gasteiger partial charge is 0.328 e. The highest BCUT2D eigenvalue weighted by Crippen LogP contribution is 2.18. The maximum atomic E-state index is 13.4. The number of fused-ring (bicyclic) bond motifs is 2. The first-order valence-corrected chi connectivity index (χ1v) is 9.55. The number of hydrogen-bond donors (Lipinski definition) is 0. The van der Waals surface area contributed by atoms with Crippen LogP contribution in [0.5, 0.6) is 0 Å². The molecule has 142 valence electrons. The zero-order valence-corrected chi connectivity index (χ0v) is 16.3. The summed E-state index contributed by atoms with van der Waals surface area (Å²) in [7, 11) is 1.86. The van der Waals surface area contributed by atoms with E-state index in [2.05, 4.69) is 0 Å². The van der Waals surface area contributed by atoms with Crippen molar-refractivity contribution in [3.63, 3.8) is 0 Å². The number of para-hydroxylation sites is 1. The third kappa shape index (κ3) is 2.93. The molecule has 2 aromatic carbocycles. The highest BCUT2D eigenvalue weighted by molar-refractivity contribution is 5.91. The van der Waals surface area contributed by atoms with Gasteiger partial charge in [-0.05, 0) is 24.1 Å². The van der Waals surface area contributed by atoms with E-state index in [4.69, 9.17) is 4.98 Å². The summed E-state index contributed by atoms with van der Waals surface area (Å²) in [5, 5.41) is 0.710. The van der Waals surface area contributed by atoms with E-state index in [-0.39, 0.29) is 22.3 Å². The van der Waals surface area contributed by atoms with E-state index in [1.807, 2.05) is 74.0 Å². The van der Waals surface area contributed by atoms with Gasteiger partial charge in [0.05, 0.1) is 5.52 Å². The molecule has 0 amide bonds.